The molecule has 74 valence electrons. The van der Waals surface area contributed by atoms with Gasteiger partial charge in [0.15, 0.2) is 0 Å². The number of hydrogen-bond donors (Lipinski definition) is 1. The fraction of sp³-hybridized carbons (Fsp3) is 0.200. The van der Waals surface area contributed by atoms with Crippen LogP contribution in [0, 0.1) is 0 Å². The Balaban J connectivity index is 2.79. The average molecular weight is 292 g/mol. The molecular weight excluding hydrogens is 284 g/mol. The zero-order valence-electron chi connectivity index (χ0n) is 7.26. The second kappa shape index (κ2) is 4.19. The minimum atomic E-state index is 0.0654. The Morgan fingerprint density at radius 1 is 1.43 bits per heavy atom. The van der Waals surface area contributed by atoms with Crippen LogP contribution in [-0.4, -0.2) is 5.11 Å². The van der Waals surface area contributed by atoms with Crippen LogP contribution < -0.4 is 0 Å². The average Bonchev–Trinajstić information content (AvgIpc) is 2.52. The molecule has 0 radical (unpaired) electrons. The first kappa shape index (κ1) is 10.4. The monoisotopic (exact) mass is 290 g/mol. The van der Waals surface area contributed by atoms with Crippen LogP contribution in [-0.2, 0) is 11.9 Å². The molecule has 0 saturated carbocycles. The first-order valence-electron chi connectivity index (χ1n) is 4.13. The van der Waals surface area contributed by atoms with Gasteiger partial charge in [-0.25, -0.2) is 0 Å². The van der Waals surface area contributed by atoms with Crippen LogP contribution in [0.3, 0.4) is 0 Å². The van der Waals surface area contributed by atoms with Crippen LogP contribution in [0.25, 0.3) is 10.1 Å². The summed E-state index contributed by atoms with van der Waals surface area (Å²) in [6, 6.07) is 5.91. The molecule has 2 rings (SSSR count). The van der Waals surface area contributed by atoms with Crippen LogP contribution in [0.5, 0.6) is 0 Å². The van der Waals surface area contributed by atoms with Gasteiger partial charge in [-0.05, 0) is 10.9 Å². The van der Waals surface area contributed by atoms with E-state index in [2.05, 4.69) is 15.9 Å². The van der Waals surface area contributed by atoms with Crippen LogP contribution in [0.2, 0.25) is 4.34 Å². The number of benzene rings is 1. The second-order valence-electron chi connectivity index (χ2n) is 2.94. The van der Waals surface area contributed by atoms with Gasteiger partial charge in [0.25, 0.3) is 0 Å². The Morgan fingerprint density at radius 3 is 2.86 bits per heavy atom. The Morgan fingerprint density at radius 2 is 2.21 bits per heavy atom. The van der Waals surface area contributed by atoms with E-state index < -0.39 is 0 Å². The molecule has 0 unspecified atom stereocenters. The van der Waals surface area contributed by atoms with Crippen molar-refractivity contribution in [2.45, 2.75) is 11.9 Å². The number of hydrogen-bond acceptors (Lipinski definition) is 2. The molecule has 4 heteroatoms. The second-order valence-corrected chi connectivity index (χ2v) is 5.12. The molecule has 0 spiro atoms. The summed E-state index contributed by atoms with van der Waals surface area (Å²) in [6.45, 7) is 0.0654. The van der Waals surface area contributed by atoms with Crippen LogP contribution >= 0.6 is 38.9 Å². The molecule has 1 aromatic heterocycles. The van der Waals surface area contributed by atoms with Crippen molar-refractivity contribution in [1.82, 2.24) is 0 Å². The van der Waals surface area contributed by atoms with E-state index >= 15 is 0 Å². The molecule has 0 aliphatic carbocycles. The smallest absolute Gasteiger partial charge is 0.0981 e. The zero-order valence-corrected chi connectivity index (χ0v) is 10.4. The summed E-state index contributed by atoms with van der Waals surface area (Å²) in [6.07, 6.45) is 0. The lowest BCUT2D eigenvalue weighted by Gasteiger charge is -1.98. The Labute approximate surface area is 99.4 Å². The van der Waals surface area contributed by atoms with Crippen molar-refractivity contribution >= 4 is 49.0 Å². The maximum absolute atomic E-state index is 9.16. The maximum atomic E-state index is 9.16. The minimum absolute atomic E-state index is 0.0654. The van der Waals surface area contributed by atoms with Gasteiger partial charge >= 0.3 is 0 Å². The highest BCUT2D eigenvalue weighted by molar-refractivity contribution is 9.08. The fourth-order valence-corrected chi connectivity index (χ4v) is 3.83. The molecule has 0 amide bonds. The topological polar surface area (TPSA) is 20.2 Å². The van der Waals surface area contributed by atoms with Crippen molar-refractivity contribution in [2.75, 3.05) is 0 Å². The summed E-state index contributed by atoms with van der Waals surface area (Å²) in [7, 11) is 0. The molecule has 0 saturated heterocycles. The van der Waals surface area contributed by atoms with Crippen molar-refractivity contribution < 1.29 is 5.11 Å². The van der Waals surface area contributed by atoms with Gasteiger partial charge in [0, 0.05) is 15.6 Å². The number of halogens is 2. The largest absolute Gasteiger partial charge is 0.392 e. The van der Waals surface area contributed by atoms with Gasteiger partial charge in [-0.3, -0.25) is 0 Å². The van der Waals surface area contributed by atoms with Crippen LogP contribution in [0.1, 0.15) is 11.1 Å². The molecule has 14 heavy (non-hydrogen) atoms. The fourth-order valence-electron chi connectivity index (χ4n) is 1.45. The molecule has 1 N–H and O–H groups in total. The van der Waals surface area contributed by atoms with Gasteiger partial charge in [0.2, 0.25) is 0 Å². The van der Waals surface area contributed by atoms with Gasteiger partial charge < -0.3 is 5.11 Å². The number of thiophene rings is 1. The van der Waals surface area contributed by atoms with Gasteiger partial charge in [-0.2, -0.15) is 0 Å². The van der Waals surface area contributed by atoms with E-state index in [4.69, 9.17) is 16.7 Å². The number of rotatable bonds is 2. The number of fused-ring (bicyclic) bond motifs is 1. The van der Waals surface area contributed by atoms with Gasteiger partial charge in [-0.1, -0.05) is 45.7 Å². The van der Waals surface area contributed by atoms with Crippen LogP contribution in [0.15, 0.2) is 18.2 Å². The molecule has 1 aromatic carbocycles. The standard InChI is InChI=1S/C10H8BrClOS/c11-4-8-7-3-1-2-6(5-13)9(7)14-10(8)12/h1-3,13H,4-5H2. The highest BCUT2D eigenvalue weighted by atomic mass is 79.9. The van der Waals surface area contributed by atoms with Gasteiger partial charge in [0.1, 0.15) is 0 Å². The molecule has 0 aliphatic rings. The van der Waals surface area contributed by atoms with E-state index in [-0.39, 0.29) is 6.61 Å². The first-order chi connectivity index (χ1) is 6.77. The number of alkyl halides is 1. The van der Waals surface area contributed by atoms with E-state index in [0.717, 1.165) is 30.9 Å². The third-order valence-electron chi connectivity index (χ3n) is 2.15. The number of aliphatic hydroxyl groups is 1. The minimum Gasteiger partial charge on any atom is -0.392 e. The van der Waals surface area contributed by atoms with Gasteiger partial charge in [-0.15, -0.1) is 11.3 Å². The SMILES string of the molecule is OCc1cccc2c(CBr)c(Cl)sc12. The van der Waals surface area contributed by atoms with Crippen LogP contribution in [0.4, 0.5) is 0 Å². The molecule has 2 aromatic rings. The summed E-state index contributed by atoms with van der Waals surface area (Å²) in [5.74, 6) is 0. The summed E-state index contributed by atoms with van der Waals surface area (Å²) < 4.78 is 1.90. The maximum Gasteiger partial charge on any atom is 0.0981 e. The first-order valence-corrected chi connectivity index (χ1v) is 6.45. The van der Waals surface area contributed by atoms with E-state index in [9.17, 15) is 0 Å². The Kier molecular flexibility index (Phi) is 3.12. The molecule has 0 bridgehead atoms. The summed E-state index contributed by atoms with van der Waals surface area (Å²) in [5, 5.41) is 11.1. The highest BCUT2D eigenvalue weighted by Gasteiger charge is 2.11. The lowest BCUT2D eigenvalue weighted by molar-refractivity contribution is 0.283. The number of aliphatic hydroxyl groups excluding tert-OH is 1. The molecule has 1 heterocycles. The summed E-state index contributed by atoms with van der Waals surface area (Å²) in [4.78, 5) is 0. The van der Waals surface area contributed by atoms with E-state index in [0.29, 0.717) is 0 Å². The van der Waals surface area contributed by atoms with Crippen molar-refractivity contribution in [2.24, 2.45) is 0 Å². The normalized spacial score (nSPS) is 11.1. The third-order valence-corrected chi connectivity index (χ3v) is 4.29. The molecule has 0 aliphatic heterocycles. The third kappa shape index (κ3) is 1.58. The van der Waals surface area contributed by atoms with Crippen molar-refractivity contribution in [3.63, 3.8) is 0 Å². The van der Waals surface area contributed by atoms with E-state index in [1.165, 1.54) is 11.3 Å². The lowest BCUT2D eigenvalue weighted by atomic mass is 10.1. The molecule has 1 nitrogen and oxygen atoms in total. The summed E-state index contributed by atoms with van der Waals surface area (Å²) >= 11 is 11.0. The molecule has 0 atom stereocenters. The van der Waals surface area contributed by atoms with Gasteiger partial charge in [0.05, 0.1) is 10.9 Å². The Bertz CT molecular complexity index is 466. The highest BCUT2D eigenvalue weighted by Crippen LogP contribution is 2.38. The van der Waals surface area contributed by atoms with E-state index in [1.54, 1.807) is 0 Å². The Hall–Kier alpha value is -0.0900. The molecule has 0 fully saturated rings. The predicted molar refractivity (Wildman–Crippen MR) is 65.4 cm³/mol. The lowest BCUT2D eigenvalue weighted by Crippen LogP contribution is -1.82. The predicted octanol–water partition coefficient (Wildman–Crippen LogP) is 3.94. The summed E-state index contributed by atoms with van der Waals surface area (Å²) in [5.41, 5.74) is 2.06. The van der Waals surface area contributed by atoms with Crippen molar-refractivity contribution in [1.29, 1.82) is 0 Å². The zero-order chi connectivity index (χ0) is 10.1. The quantitative estimate of drug-likeness (QED) is 0.831. The van der Waals surface area contributed by atoms with Crippen molar-refractivity contribution in [3.05, 3.63) is 33.7 Å². The molecular formula is C10H8BrClOS. The van der Waals surface area contributed by atoms with E-state index in [1.807, 2.05) is 18.2 Å². The van der Waals surface area contributed by atoms with Crippen molar-refractivity contribution in [3.8, 4) is 0 Å².